The van der Waals surface area contributed by atoms with Gasteiger partial charge in [0, 0.05) is 19.2 Å². The summed E-state index contributed by atoms with van der Waals surface area (Å²) in [4.78, 5) is 28.8. The lowest BCUT2D eigenvalue weighted by Crippen LogP contribution is -2.54. The first-order valence-electron chi connectivity index (χ1n) is 8.93. The lowest BCUT2D eigenvalue weighted by atomic mass is 10.1. The average molecular weight is 397 g/mol. The number of ether oxygens (including phenoxy) is 1. The highest BCUT2D eigenvalue weighted by Gasteiger charge is 2.34. The van der Waals surface area contributed by atoms with Crippen molar-refractivity contribution in [2.24, 2.45) is 0 Å². The van der Waals surface area contributed by atoms with Crippen LogP contribution in [-0.4, -0.2) is 43.2 Å². The number of carbonyl (C=O) groups is 2. The molecule has 8 heteroatoms. The van der Waals surface area contributed by atoms with Gasteiger partial charge in [-0.15, -0.1) is 0 Å². The summed E-state index contributed by atoms with van der Waals surface area (Å²) in [5, 5.41) is 2.64. The molecule has 2 aromatic rings. The first-order valence-corrected chi connectivity index (χ1v) is 9.34. The van der Waals surface area contributed by atoms with Crippen molar-refractivity contribution in [3.8, 4) is 0 Å². The Balaban J connectivity index is 1.63. The van der Waals surface area contributed by atoms with Crippen LogP contribution in [0, 0.1) is 6.92 Å². The molecule has 1 aromatic heterocycles. The van der Waals surface area contributed by atoms with E-state index < -0.39 is 11.8 Å². The van der Waals surface area contributed by atoms with Crippen LogP contribution in [0.4, 0.5) is 11.6 Å². The van der Waals surface area contributed by atoms with E-state index in [1.807, 2.05) is 31.2 Å². The Labute approximate surface area is 167 Å². The Bertz CT molecular complexity index is 975. The van der Waals surface area contributed by atoms with Gasteiger partial charge < -0.3 is 14.1 Å². The zero-order valence-electron chi connectivity index (χ0n) is 15.3. The number of benzene rings is 1. The average Bonchev–Trinajstić information content (AvgIpc) is 3.14. The van der Waals surface area contributed by atoms with E-state index in [1.54, 1.807) is 12.1 Å². The number of carbonyl (C=O) groups excluding carboxylic acids is 2. The minimum Gasteiger partial charge on any atom is -0.441 e. The molecule has 0 atom stereocenters. The maximum Gasteiger partial charge on any atom is 0.270 e. The molecule has 4 rings (SSSR count). The second-order valence-electron chi connectivity index (χ2n) is 6.57. The van der Waals surface area contributed by atoms with Gasteiger partial charge in [0.25, 0.3) is 11.8 Å². The summed E-state index contributed by atoms with van der Waals surface area (Å²) in [6.07, 6.45) is 1.45. The number of hydrogen-bond acceptors (Lipinski definition) is 6. The molecule has 0 spiro atoms. The van der Waals surface area contributed by atoms with Gasteiger partial charge in [0.15, 0.2) is 11.0 Å². The van der Waals surface area contributed by atoms with Gasteiger partial charge in [0.2, 0.25) is 0 Å². The second kappa shape index (κ2) is 7.57. The summed E-state index contributed by atoms with van der Waals surface area (Å²) < 4.78 is 11.2. The molecule has 1 N–H and O–H groups in total. The highest BCUT2D eigenvalue weighted by molar-refractivity contribution is 7.80. The lowest BCUT2D eigenvalue weighted by molar-refractivity contribution is -0.122. The number of nitrogens with zero attached hydrogens (tertiary/aromatic N) is 2. The lowest BCUT2D eigenvalue weighted by Gasteiger charge is -2.29. The molecule has 3 heterocycles. The number of hydrogen-bond donors (Lipinski definition) is 1. The maximum absolute atomic E-state index is 13.0. The minimum atomic E-state index is -0.539. The quantitative estimate of drug-likeness (QED) is 0.487. The molecule has 2 saturated heterocycles. The van der Waals surface area contributed by atoms with Gasteiger partial charge in [0.1, 0.15) is 11.3 Å². The Morgan fingerprint density at radius 2 is 1.93 bits per heavy atom. The normalized spacial score (nSPS) is 19.3. The van der Waals surface area contributed by atoms with Crippen LogP contribution in [0.15, 0.2) is 46.4 Å². The summed E-state index contributed by atoms with van der Waals surface area (Å²) >= 11 is 5.22. The molecule has 0 aliphatic carbocycles. The molecule has 2 fully saturated rings. The predicted molar refractivity (Wildman–Crippen MR) is 109 cm³/mol. The molecule has 2 aliphatic rings. The Hall–Kier alpha value is -2.97. The highest BCUT2D eigenvalue weighted by atomic mass is 32.1. The molecule has 1 aromatic carbocycles. The van der Waals surface area contributed by atoms with E-state index in [4.69, 9.17) is 21.4 Å². The van der Waals surface area contributed by atoms with E-state index >= 15 is 0 Å². The van der Waals surface area contributed by atoms with Gasteiger partial charge in [-0.25, -0.2) is 0 Å². The predicted octanol–water partition coefficient (Wildman–Crippen LogP) is 2.26. The zero-order valence-corrected chi connectivity index (χ0v) is 16.1. The number of furan rings is 1. The topological polar surface area (TPSA) is 75.0 Å². The summed E-state index contributed by atoms with van der Waals surface area (Å²) in [5.74, 6) is 0.0915. The Morgan fingerprint density at radius 3 is 2.68 bits per heavy atom. The van der Waals surface area contributed by atoms with Crippen LogP contribution in [-0.2, 0) is 14.3 Å². The Morgan fingerprint density at radius 1 is 1.14 bits per heavy atom. The van der Waals surface area contributed by atoms with E-state index in [0.29, 0.717) is 30.5 Å². The van der Waals surface area contributed by atoms with Crippen LogP contribution in [0.2, 0.25) is 0 Å². The van der Waals surface area contributed by atoms with Crippen molar-refractivity contribution < 1.29 is 18.7 Å². The molecule has 2 amide bonds. The number of morpholine rings is 1. The Kier molecular flexibility index (Phi) is 4.97. The van der Waals surface area contributed by atoms with Gasteiger partial charge in [0.05, 0.1) is 18.9 Å². The monoisotopic (exact) mass is 397 g/mol. The van der Waals surface area contributed by atoms with Crippen LogP contribution in [0.1, 0.15) is 11.3 Å². The molecule has 2 aliphatic heterocycles. The van der Waals surface area contributed by atoms with Crippen molar-refractivity contribution >= 4 is 46.8 Å². The third-order valence-corrected chi connectivity index (χ3v) is 4.87. The van der Waals surface area contributed by atoms with Crippen molar-refractivity contribution in [2.45, 2.75) is 6.92 Å². The molecule has 0 unspecified atom stereocenters. The molecule has 0 bridgehead atoms. The van der Waals surface area contributed by atoms with Gasteiger partial charge in [-0.3, -0.25) is 19.8 Å². The van der Waals surface area contributed by atoms with Crippen LogP contribution in [0.25, 0.3) is 6.08 Å². The van der Waals surface area contributed by atoms with Crippen molar-refractivity contribution in [1.29, 1.82) is 0 Å². The van der Waals surface area contributed by atoms with Crippen molar-refractivity contribution in [2.75, 3.05) is 36.1 Å². The van der Waals surface area contributed by atoms with Gasteiger partial charge in [-0.2, -0.15) is 0 Å². The third kappa shape index (κ3) is 3.56. The maximum atomic E-state index is 13.0. The van der Waals surface area contributed by atoms with E-state index in [9.17, 15) is 9.59 Å². The molecule has 28 heavy (non-hydrogen) atoms. The van der Waals surface area contributed by atoms with Crippen LogP contribution in [0.5, 0.6) is 0 Å². The van der Waals surface area contributed by atoms with Crippen molar-refractivity contribution in [3.63, 3.8) is 0 Å². The van der Waals surface area contributed by atoms with E-state index in [0.717, 1.165) is 18.7 Å². The van der Waals surface area contributed by atoms with E-state index in [-0.39, 0.29) is 10.7 Å². The van der Waals surface area contributed by atoms with Crippen LogP contribution in [0.3, 0.4) is 0 Å². The SMILES string of the molecule is Cc1cccc(N2C(=O)/C(=C/c3ccc(N4CCOCC4)o3)C(=O)NC2=S)c1. The number of thiocarbonyl (C=S) groups is 1. The molecular formula is C20H19N3O4S. The number of nitrogens with one attached hydrogen (secondary N) is 1. The molecule has 144 valence electrons. The summed E-state index contributed by atoms with van der Waals surface area (Å²) in [6, 6.07) is 10.9. The van der Waals surface area contributed by atoms with Crippen molar-refractivity contribution in [3.05, 3.63) is 53.3 Å². The fourth-order valence-corrected chi connectivity index (χ4v) is 3.46. The van der Waals surface area contributed by atoms with Gasteiger partial charge in [-0.1, -0.05) is 12.1 Å². The first-order chi connectivity index (χ1) is 13.5. The summed E-state index contributed by atoms with van der Waals surface area (Å²) in [5.41, 5.74) is 1.56. The highest BCUT2D eigenvalue weighted by Crippen LogP contribution is 2.25. The molecule has 7 nitrogen and oxygen atoms in total. The molecule has 0 saturated carbocycles. The number of anilines is 2. The fourth-order valence-electron chi connectivity index (χ4n) is 3.17. The third-order valence-electron chi connectivity index (χ3n) is 4.58. The largest absolute Gasteiger partial charge is 0.441 e. The number of rotatable bonds is 3. The van der Waals surface area contributed by atoms with Crippen LogP contribution < -0.4 is 15.1 Å². The fraction of sp³-hybridized carbons (Fsp3) is 0.250. The zero-order chi connectivity index (χ0) is 19.7. The second-order valence-corrected chi connectivity index (χ2v) is 6.96. The van der Waals surface area contributed by atoms with Crippen LogP contribution >= 0.6 is 12.2 Å². The van der Waals surface area contributed by atoms with E-state index in [1.165, 1.54) is 11.0 Å². The summed E-state index contributed by atoms with van der Waals surface area (Å²) in [6.45, 7) is 4.67. The molecule has 0 radical (unpaired) electrons. The van der Waals surface area contributed by atoms with Gasteiger partial charge >= 0.3 is 0 Å². The number of amides is 2. The van der Waals surface area contributed by atoms with Gasteiger partial charge in [-0.05, 0) is 49.0 Å². The first kappa shape index (κ1) is 18.4. The molecular weight excluding hydrogens is 378 g/mol. The van der Waals surface area contributed by atoms with E-state index in [2.05, 4.69) is 10.2 Å². The minimum absolute atomic E-state index is 0.0296. The standard InChI is InChI=1S/C20H19N3O4S/c1-13-3-2-4-14(11-13)23-19(25)16(18(24)21-20(23)28)12-15-5-6-17(27-15)22-7-9-26-10-8-22/h2-6,11-12H,7-10H2,1H3,(H,21,24,28)/b16-12+. The smallest absolute Gasteiger partial charge is 0.270 e. The number of aryl methyl sites for hydroxylation is 1. The summed E-state index contributed by atoms with van der Waals surface area (Å²) in [7, 11) is 0. The van der Waals surface area contributed by atoms with Crippen molar-refractivity contribution in [1.82, 2.24) is 5.32 Å².